The summed E-state index contributed by atoms with van der Waals surface area (Å²) < 4.78 is 0. The molecule has 110 valence electrons. The van der Waals surface area contributed by atoms with Crippen molar-refractivity contribution in [3.8, 4) is 0 Å². The van der Waals surface area contributed by atoms with Crippen LogP contribution in [0, 0.1) is 5.92 Å². The summed E-state index contributed by atoms with van der Waals surface area (Å²) in [6.45, 7) is 4.13. The molecule has 2 aliphatic heterocycles. The number of rotatable bonds is 2. The van der Waals surface area contributed by atoms with E-state index in [2.05, 4.69) is 21.6 Å². The summed E-state index contributed by atoms with van der Waals surface area (Å²) in [6, 6.07) is 8.13. The van der Waals surface area contributed by atoms with E-state index in [1.807, 2.05) is 18.2 Å². The summed E-state index contributed by atoms with van der Waals surface area (Å²) in [7, 11) is 0. The Morgan fingerprint density at radius 2 is 1.95 bits per heavy atom. The van der Waals surface area contributed by atoms with Gasteiger partial charge in [-0.3, -0.25) is 4.79 Å². The second kappa shape index (κ2) is 6.95. The van der Waals surface area contributed by atoms with Crippen molar-refractivity contribution < 1.29 is 4.79 Å². The number of hydrogen-bond donors (Lipinski definition) is 2. The molecule has 0 aromatic heterocycles. The maximum Gasteiger partial charge on any atom is 0.226 e. The number of carbonyl (C=O) groups excluding carboxylic acids is 1. The molecular weight excluding hydrogens is 274 g/mol. The number of nitrogens with one attached hydrogen (secondary N) is 2. The molecular formula is C15H22ClN3O. The molecule has 2 heterocycles. The van der Waals surface area contributed by atoms with Gasteiger partial charge < -0.3 is 15.5 Å². The number of nitrogens with zero attached hydrogens (tertiary/aromatic N) is 1. The average Bonchev–Trinajstić information content (AvgIpc) is 2.60. The number of piperidine rings is 1. The van der Waals surface area contributed by atoms with Gasteiger partial charge in [-0.15, -0.1) is 12.4 Å². The minimum absolute atomic E-state index is 0. The van der Waals surface area contributed by atoms with Crippen molar-refractivity contribution >= 4 is 29.7 Å². The van der Waals surface area contributed by atoms with Crippen LogP contribution in [-0.4, -0.2) is 32.1 Å². The van der Waals surface area contributed by atoms with Crippen molar-refractivity contribution in [2.24, 2.45) is 5.92 Å². The molecule has 0 unspecified atom stereocenters. The van der Waals surface area contributed by atoms with Gasteiger partial charge in [0.25, 0.3) is 0 Å². The molecule has 0 aliphatic carbocycles. The third-order valence-electron chi connectivity index (χ3n) is 4.06. The monoisotopic (exact) mass is 295 g/mol. The van der Waals surface area contributed by atoms with E-state index < -0.39 is 0 Å². The summed E-state index contributed by atoms with van der Waals surface area (Å²) in [4.78, 5) is 14.1. The molecule has 1 fully saturated rings. The Balaban J connectivity index is 0.00000147. The average molecular weight is 296 g/mol. The first-order valence-corrected chi connectivity index (χ1v) is 7.17. The summed E-state index contributed by atoms with van der Waals surface area (Å²) in [5.74, 6) is 0.864. The number of amides is 1. The van der Waals surface area contributed by atoms with Crippen molar-refractivity contribution in [3.63, 3.8) is 0 Å². The smallest absolute Gasteiger partial charge is 0.226 e. The van der Waals surface area contributed by atoms with Gasteiger partial charge >= 0.3 is 0 Å². The molecule has 1 aromatic rings. The lowest BCUT2D eigenvalue weighted by Gasteiger charge is -2.31. The molecule has 2 N–H and O–H groups in total. The fraction of sp³-hybridized carbons (Fsp3) is 0.533. The molecule has 0 bridgehead atoms. The first-order valence-electron chi connectivity index (χ1n) is 7.17. The molecule has 1 amide bonds. The van der Waals surface area contributed by atoms with Crippen LogP contribution in [0.5, 0.6) is 0 Å². The standard InChI is InChI=1S/C15H21N3O.ClH/c19-15-7-10-18(11-12-5-8-16-9-6-12)14-4-2-1-3-13(14)17-15;/h1-4,12,16H,5-11H2,(H,17,19);1H. The van der Waals surface area contributed by atoms with Crippen molar-refractivity contribution in [3.05, 3.63) is 24.3 Å². The summed E-state index contributed by atoms with van der Waals surface area (Å²) in [6.07, 6.45) is 3.06. The molecule has 0 atom stereocenters. The van der Waals surface area contributed by atoms with Crippen LogP contribution in [0.2, 0.25) is 0 Å². The predicted molar refractivity (Wildman–Crippen MR) is 84.7 cm³/mol. The van der Waals surface area contributed by atoms with Crippen LogP contribution in [0.1, 0.15) is 19.3 Å². The van der Waals surface area contributed by atoms with E-state index in [4.69, 9.17) is 0 Å². The molecule has 0 radical (unpaired) electrons. The van der Waals surface area contributed by atoms with Crippen LogP contribution >= 0.6 is 12.4 Å². The Bertz CT molecular complexity index is 460. The minimum Gasteiger partial charge on any atom is -0.369 e. The summed E-state index contributed by atoms with van der Waals surface area (Å²) >= 11 is 0. The van der Waals surface area contributed by atoms with Crippen molar-refractivity contribution in [2.45, 2.75) is 19.3 Å². The van der Waals surface area contributed by atoms with Crippen molar-refractivity contribution in [1.82, 2.24) is 5.32 Å². The zero-order valence-corrected chi connectivity index (χ0v) is 12.4. The van der Waals surface area contributed by atoms with Crippen LogP contribution in [-0.2, 0) is 4.79 Å². The third kappa shape index (κ3) is 3.44. The molecule has 4 nitrogen and oxygen atoms in total. The number of anilines is 2. The van der Waals surface area contributed by atoms with Crippen LogP contribution < -0.4 is 15.5 Å². The number of benzene rings is 1. The lowest BCUT2D eigenvalue weighted by Crippen LogP contribution is -2.36. The topological polar surface area (TPSA) is 44.4 Å². The zero-order valence-electron chi connectivity index (χ0n) is 11.6. The first-order chi connectivity index (χ1) is 9.33. The van der Waals surface area contributed by atoms with Crippen LogP contribution in [0.3, 0.4) is 0 Å². The fourth-order valence-electron chi connectivity index (χ4n) is 2.99. The van der Waals surface area contributed by atoms with Gasteiger partial charge in [-0.05, 0) is 44.0 Å². The van der Waals surface area contributed by atoms with E-state index in [0.29, 0.717) is 6.42 Å². The largest absolute Gasteiger partial charge is 0.369 e. The number of carbonyl (C=O) groups is 1. The van der Waals surface area contributed by atoms with E-state index in [9.17, 15) is 4.79 Å². The Morgan fingerprint density at radius 1 is 1.20 bits per heavy atom. The van der Waals surface area contributed by atoms with Gasteiger partial charge in [0, 0.05) is 19.5 Å². The van der Waals surface area contributed by atoms with Gasteiger partial charge in [0.2, 0.25) is 5.91 Å². The molecule has 5 heteroatoms. The second-order valence-corrected chi connectivity index (χ2v) is 5.45. The van der Waals surface area contributed by atoms with Gasteiger partial charge in [0.05, 0.1) is 11.4 Å². The Kier molecular flexibility index (Phi) is 5.26. The van der Waals surface area contributed by atoms with E-state index in [-0.39, 0.29) is 18.3 Å². The molecule has 1 aromatic carbocycles. The number of fused-ring (bicyclic) bond motifs is 1. The van der Waals surface area contributed by atoms with Crippen LogP contribution in [0.4, 0.5) is 11.4 Å². The Morgan fingerprint density at radius 3 is 2.75 bits per heavy atom. The molecule has 0 spiro atoms. The SMILES string of the molecule is Cl.O=C1CCN(CC2CCNCC2)c2ccccc2N1. The first kappa shape index (κ1) is 15.1. The molecule has 0 saturated carbocycles. The maximum absolute atomic E-state index is 11.7. The highest BCUT2D eigenvalue weighted by atomic mass is 35.5. The number of para-hydroxylation sites is 2. The normalized spacial score (nSPS) is 19.6. The van der Waals surface area contributed by atoms with E-state index in [0.717, 1.165) is 37.8 Å². The van der Waals surface area contributed by atoms with Crippen LogP contribution in [0.15, 0.2) is 24.3 Å². The highest BCUT2D eigenvalue weighted by Crippen LogP contribution is 2.29. The Hall–Kier alpha value is -1.26. The van der Waals surface area contributed by atoms with Crippen molar-refractivity contribution in [1.29, 1.82) is 0 Å². The van der Waals surface area contributed by atoms with Gasteiger partial charge in [-0.1, -0.05) is 12.1 Å². The van der Waals surface area contributed by atoms with Gasteiger partial charge in [0.1, 0.15) is 0 Å². The van der Waals surface area contributed by atoms with E-state index in [1.165, 1.54) is 18.5 Å². The minimum atomic E-state index is 0. The highest BCUT2D eigenvalue weighted by Gasteiger charge is 2.22. The third-order valence-corrected chi connectivity index (χ3v) is 4.06. The van der Waals surface area contributed by atoms with Crippen molar-refractivity contribution in [2.75, 3.05) is 36.4 Å². The molecule has 1 saturated heterocycles. The lowest BCUT2D eigenvalue weighted by molar-refractivity contribution is -0.115. The Labute approximate surface area is 126 Å². The molecule has 3 rings (SSSR count). The van der Waals surface area contributed by atoms with E-state index >= 15 is 0 Å². The lowest BCUT2D eigenvalue weighted by atomic mass is 9.97. The van der Waals surface area contributed by atoms with E-state index in [1.54, 1.807) is 0 Å². The van der Waals surface area contributed by atoms with Gasteiger partial charge in [-0.25, -0.2) is 0 Å². The number of hydrogen-bond acceptors (Lipinski definition) is 3. The number of halogens is 1. The van der Waals surface area contributed by atoms with Gasteiger partial charge in [-0.2, -0.15) is 0 Å². The van der Waals surface area contributed by atoms with Gasteiger partial charge in [0.15, 0.2) is 0 Å². The van der Waals surface area contributed by atoms with Crippen LogP contribution in [0.25, 0.3) is 0 Å². The predicted octanol–water partition coefficient (Wildman–Crippen LogP) is 2.26. The summed E-state index contributed by atoms with van der Waals surface area (Å²) in [5.41, 5.74) is 2.13. The quantitative estimate of drug-likeness (QED) is 0.880. The fourth-order valence-corrected chi connectivity index (χ4v) is 2.99. The molecule has 20 heavy (non-hydrogen) atoms. The summed E-state index contributed by atoms with van der Waals surface area (Å²) in [5, 5.41) is 6.40. The highest BCUT2D eigenvalue weighted by molar-refractivity contribution is 5.96. The zero-order chi connectivity index (χ0) is 13.1. The molecule has 2 aliphatic rings. The maximum atomic E-state index is 11.7. The second-order valence-electron chi connectivity index (χ2n) is 5.45.